The van der Waals surface area contributed by atoms with Crippen LogP contribution in [-0.4, -0.2) is 22.1 Å². The van der Waals surface area contributed by atoms with Crippen LogP contribution in [0.5, 0.6) is 0 Å². The summed E-state index contributed by atoms with van der Waals surface area (Å²) >= 11 is 1.77. The molecule has 14 heavy (non-hydrogen) atoms. The standard InChI is InChI=1S/C9H15N3OS/c1-14-5-4-7-11-9(12-13-7)8(10)6-2-3-6/h6,8H,2-5,10H2,1H3. The summed E-state index contributed by atoms with van der Waals surface area (Å²) in [7, 11) is 0. The van der Waals surface area contributed by atoms with E-state index in [4.69, 9.17) is 10.3 Å². The summed E-state index contributed by atoms with van der Waals surface area (Å²) in [4.78, 5) is 4.29. The fourth-order valence-corrected chi connectivity index (χ4v) is 1.74. The summed E-state index contributed by atoms with van der Waals surface area (Å²) in [6.45, 7) is 0. The van der Waals surface area contributed by atoms with E-state index in [2.05, 4.69) is 16.4 Å². The molecule has 1 saturated carbocycles. The fourth-order valence-electron chi connectivity index (χ4n) is 1.36. The van der Waals surface area contributed by atoms with E-state index in [1.807, 2.05) is 0 Å². The van der Waals surface area contributed by atoms with Crippen molar-refractivity contribution in [2.24, 2.45) is 11.7 Å². The van der Waals surface area contributed by atoms with Gasteiger partial charge in [0, 0.05) is 12.2 Å². The van der Waals surface area contributed by atoms with E-state index in [-0.39, 0.29) is 6.04 Å². The summed E-state index contributed by atoms with van der Waals surface area (Å²) in [6, 6.07) is -0.0122. The molecule has 2 rings (SSSR count). The molecule has 1 heterocycles. The molecule has 1 aliphatic carbocycles. The number of hydrogen-bond acceptors (Lipinski definition) is 5. The van der Waals surface area contributed by atoms with Gasteiger partial charge in [-0.15, -0.1) is 0 Å². The Morgan fingerprint density at radius 1 is 1.64 bits per heavy atom. The minimum atomic E-state index is -0.0122. The van der Waals surface area contributed by atoms with Crippen molar-refractivity contribution in [3.8, 4) is 0 Å². The summed E-state index contributed by atoms with van der Waals surface area (Å²) in [5.74, 6) is 3.00. The lowest BCUT2D eigenvalue weighted by Crippen LogP contribution is -2.14. The van der Waals surface area contributed by atoms with Crippen molar-refractivity contribution in [1.82, 2.24) is 10.1 Å². The van der Waals surface area contributed by atoms with Crippen molar-refractivity contribution < 1.29 is 4.52 Å². The molecule has 1 unspecified atom stereocenters. The molecule has 1 aromatic rings. The monoisotopic (exact) mass is 213 g/mol. The molecule has 0 spiro atoms. The molecule has 0 aromatic carbocycles. The molecule has 1 atom stereocenters. The Bertz CT molecular complexity index is 298. The van der Waals surface area contributed by atoms with Crippen LogP contribution in [0, 0.1) is 5.92 Å². The zero-order valence-corrected chi connectivity index (χ0v) is 9.09. The molecule has 0 saturated heterocycles. The van der Waals surface area contributed by atoms with Crippen molar-refractivity contribution >= 4 is 11.8 Å². The normalized spacial score (nSPS) is 18.4. The molecule has 4 nitrogen and oxygen atoms in total. The molecule has 0 aliphatic heterocycles. The van der Waals surface area contributed by atoms with Gasteiger partial charge in [-0.05, 0) is 25.0 Å². The van der Waals surface area contributed by atoms with Crippen molar-refractivity contribution in [1.29, 1.82) is 0 Å². The van der Waals surface area contributed by atoms with Gasteiger partial charge in [-0.2, -0.15) is 16.7 Å². The molecule has 0 bridgehead atoms. The first-order valence-corrected chi connectivity index (χ1v) is 6.27. The number of aryl methyl sites for hydroxylation is 1. The van der Waals surface area contributed by atoms with E-state index < -0.39 is 0 Å². The Morgan fingerprint density at radius 3 is 3.07 bits per heavy atom. The van der Waals surface area contributed by atoms with E-state index in [0.29, 0.717) is 17.6 Å². The predicted molar refractivity (Wildman–Crippen MR) is 56.0 cm³/mol. The highest BCUT2D eigenvalue weighted by molar-refractivity contribution is 7.98. The van der Waals surface area contributed by atoms with Gasteiger partial charge in [-0.1, -0.05) is 5.16 Å². The highest BCUT2D eigenvalue weighted by Gasteiger charge is 2.32. The largest absolute Gasteiger partial charge is 0.339 e. The average molecular weight is 213 g/mol. The zero-order valence-electron chi connectivity index (χ0n) is 8.27. The van der Waals surface area contributed by atoms with Crippen molar-refractivity contribution in [2.45, 2.75) is 25.3 Å². The number of nitrogens with zero attached hydrogens (tertiary/aromatic N) is 2. The van der Waals surface area contributed by atoms with Crippen molar-refractivity contribution in [3.05, 3.63) is 11.7 Å². The molecule has 0 radical (unpaired) electrons. The quantitative estimate of drug-likeness (QED) is 0.800. The van der Waals surface area contributed by atoms with Crippen LogP contribution in [0.4, 0.5) is 0 Å². The van der Waals surface area contributed by atoms with Gasteiger partial charge < -0.3 is 10.3 Å². The fraction of sp³-hybridized carbons (Fsp3) is 0.778. The second-order valence-electron chi connectivity index (χ2n) is 3.65. The summed E-state index contributed by atoms with van der Waals surface area (Å²) < 4.78 is 5.11. The van der Waals surface area contributed by atoms with E-state index in [0.717, 1.165) is 12.2 Å². The summed E-state index contributed by atoms with van der Waals surface area (Å²) in [5, 5.41) is 3.91. The van der Waals surface area contributed by atoms with Crippen LogP contribution in [0.2, 0.25) is 0 Å². The Labute approximate surface area is 87.6 Å². The molecule has 78 valence electrons. The Hall–Kier alpha value is -0.550. The van der Waals surface area contributed by atoms with Gasteiger partial charge in [0.2, 0.25) is 5.89 Å². The first-order valence-electron chi connectivity index (χ1n) is 4.88. The molecular weight excluding hydrogens is 198 g/mol. The first kappa shape index (κ1) is 9.98. The molecule has 0 amide bonds. The van der Waals surface area contributed by atoms with Gasteiger partial charge in [0.25, 0.3) is 0 Å². The van der Waals surface area contributed by atoms with Gasteiger partial charge in [0.15, 0.2) is 5.82 Å². The smallest absolute Gasteiger partial charge is 0.227 e. The van der Waals surface area contributed by atoms with Gasteiger partial charge in [-0.3, -0.25) is 0 Å². The Kier molecular flexibility index (Phi) is 3.08. The van der Waals surface area contributed by atoms with Crippen LogP contribution >= 0.6 is 11.8 Å². The predicted octanol–water partition coefficient (Wildman–Crippen LogP) is 1.38. The number of hydrogen-bond donors (Lipinski definition) is 1. The Morgan fingerprint density at radius 2 is 2.43 bits per heavy atom. The lowest BCUT2D eigenvalue weighted by Gasteiger charge is -2.01. The first-order chi connectivity index (χ1) is 6.81. The van der Waals surface area contributed by atoms with Crippen LogP contribution < -0.4 is 5.73 Å². The van der Waals surface area contributed by atoms with Gasteiger partial charge >= 0.3 is 0 Å². The van der Waals surface area contributed by atoms with E-state index >= 15 is 0 Å². The lowest BCUT2D eigenvalue weighted by atomic mass is 10.2. The molecule has 1 aliphatic rings. The van der Waals surface area contributed by atoms with Gasteiger partial charge in [-0.25, -0.2) is 0 Å². The number of nitrogens with two attached hydrogens (primary N) is 1. The SMILES string of the molecule is CSCCc1nc(C(N)C2CC2)no1. The molecule has 2 N–H and O–H groups in total. The maximum atomic E-state index is 5.95. The second-order valence-corrected chi connectivity index (χ2v) is 4.64. The molecule has 1 fully saturated rings. The summed E-state index contributed by atoms with van der Waals surface area (Å²) in [6.07, 6.45) is 5.31. The topological polar surface area (TPSA) is 64.9 Å². The number of aromatic nitrogens is 2. The third kappa shape index (κ3) is 2.27. The zero-order chi connectivity index (χ0) is 9.97. The maximum absolute atomic E-state index is 5.95. The van der Waals surface area contributed by atoms with Gasteiger partial charge in [0.05, 0.1) is 6.04 Å². The number of rotatable bonds is 5. The minimum Gasteiger partial charge on any atom is -0.339 e. The van der Waals surface area contributed by atoms with E-state index in [1.54, 1.807) is 11.8 Å². The molecular formula is C9H15N3OS. The maximum Gasteiger partial charge on any atom is 0.227 e. The second kappa shape index (κ2) is 4.31. The third-order valence-corrected chi connectivity index (χ3v) is 3.04. The highest BCUT2D eigenvalue weighted by Crippen LogP contribution is 2.38. The van der Waals surface area contributed by atoms with Crippen LogP contribution in [0.15, 0.2) is 4.52 Å². The van der Waals surface area contributed by atoms with E-state index in [1.165, 1.54) is 12.8 Å². The summed E-state index contributed by atoms with van der Waals surface area (Å²) in [5.41, 5.74) is 5.95. The van der Waals surface area contributed by atoms with Crippen molar-refractivity contribution in [2.75, 3.05) is 12.0 Å². The minimum absolute atomic E-state index is 0.0122. The van der Waals surface area contributed by atoms with Gasteiger partial charge in [0.1, 0.15) is 0 Å². The molecule has 5 heteroatoms. The van der Waals surface area contributed by atoms with Crippen LogP contribution in [0.1, 0.15) is 30.6 Å². The van der Waals surface area contributed by atoms with Crippen LogP contribution in [-0.2, 0) is 6.42 Å². The highest BCUT2D eigenvalue weighted by atomic mass is 32.2. The average Bonchev–Trinajstić information content (AvgIpc) is 2.94. The molecule has 1 aromatic heterocycles. The number of thioether (sulfide) groups is 1. The van der Waals surface area contributed by atoms with Crippen molar-refractivity contribution in [3.63, 3.8) is 0 Å². The van der Waals surface area contributed by atoms with Crippen LogP contribution in [0.25, 0.3) is 0 Å². The van der Waals surface area contributed by atoms with E-state index in [9.17, 15) is 0 Å². The van der Waals surface area contributed by atoms with Crippen LogP contribution in [0.3, 0.4) is 0 Å². The lowest BCUT2D eigenvalue weighted by molar-refractivity contribution is 0.371. The Balaban J connectivity index is 1.94. The third-order valence-electron chi connectivity index (χ3n) is 2.43.